The summed E-state index contributed by atoms with van der Waals surface area (Å²) in [7, 11) is 0. The molecular formula is C10H14N4O. The van der Waals surface area contributed by atoms with Gasteiger partial charge in [-0.3, -0.25) is 4.79 Å². The van der Waals surface area contributed by atoms with E-state index >= 15 is 0 Å². The molecule has 1 aromatic rings. The number of hydrogen-bond acceptors (Lipinski definition) is 3. The molecule has 1 fully saturated rings. The molecule has 0 N–H and O–H groups in total. The van der Waals surface area contributed by atoms with Gasteiger partial charge in [0.05, 0.1) is 13.1 Å². The van der Waals surface area contributed by atoms with E-state index in [-0.39, 0.29) is 5.91 Å². The van der Waals surface area contributed by atoms with Crippen LogP contribution in [0.2, 0.25) is 0 Å². The van der Waals surface area contributed by atoms with Crippen LogP contribution in [-0.2, 0) is 17.9 Å². The van der Waals surface area contributed by atoms with Crippen LogP contribution in [0.1, 0.15) is 37.3 Å². The Kier molecular flexibility index (Phi) is 1.81. The van der Waals surface area contributed by atoms with E-state index in [1.165, 1.54) is 12.8 Å². The van der Waals surface area contributed by atoms with E-state index in [4.69, 9.17) is 0 Å². The third-order valence-electron chi connectivity index (χ3n) is 3.07. The van der Waals surface area contributed by atoms with E-state index in [0.29, 0.717) is 12.5 Å². The van der Waals surface area contributed by atoms with Crippen molar-refractivity contribution in [1.82, 2.24) is 19.7 Å². The zero-order valence-electron chi connectivity index (χ0n) is 8.81. The second-order valence-electron chi connectivity index (χ2n) is 4.32. The van der Waals surface area contributed by atoms with Crippen molar-refractivity contribution in [2.75, 3.05) is 6.54 Å². The lowest BCUT2D eigenvalue weighted by Crippen LogP contribution is -2.37. The summed E-state index contributed by atoms with van der Waals surface area (Å²) in [4.78, 5) is 17.6. The summed E-state index contributed by atoms with van der Waals surface area (Å²) in [5.74, 6) is 2.64. The van der Waals surface area contributed by atoms with Crippen molar-refractivity contribution in [3.05, 3.63) is 11.6 Å². The molecule has 0 unspecified atom stereocenters. The highest BCUT2D eigenvalue weighted by Crippen LogP contribution is 2.38. The molecule has 0 radical (unpaired) electrons. The topological polar surface area (TPSA) is 51.0 Å². The summed E-state index contributed by atoms with van der Waals surface area (Å²) in [5, 5.41) is 4.47. The van der Waals surface area contributed by atoms with E-state index in [2.05, 4.69) is 10.1 Å². The van der Waals surface area contributed by atoms with Crippen LogP contribution in [-0.4, -0.2) is 32.1 Å². The summed E-state index contributed by atoms with van der Waals surface area (Å²) in [5.41, 5.74) is 0. The second kappa shape index (κ2) is 3.05. The molecule has 5 heteroatoms. The van der Waals surface area contributed by atoms with Crippen LogP contribution in [0.4, 0.5) is 0 Å². The largest absolute Gasteiger partial charge is 0.334 e. The molecule has 1 amide bonds. The number of rotatable bonds is 1. The molecule has 5 nitrogen and oxygen atoms in total. The van der Waals surface area contributed by atoms with Crippen LogP contribution in [0.15, 0.2) is 0 Å². The van der Waals surface area contributed by atoms with Gasteiger partial charge in [0.1, 0.15) is 5.82 Å². The third-order valence-corrected chi connectivity index (χ3v) is 3.07. The Bertz CT molecular complexity index is 408. The molecule has 1 aliphatic carbocycles. The van der Waals surface area contributed by atoms with Gasteiger partial charge in [-0.1, -0.05) is 0 Å². The Morgan fingerprint density at radius 3 is 2.87 bits per heavy atom. The van der Waals surface area contributed by atoms with Crippen LogP contribution >= 0.6 is 0 Å². The molecule has 0 atom stereocenters. The van der Waals surface area contributed by atoms with E-state index in [1.54, 1.807) is 6.92 Å². The summed E-state index contributed by atoms with van der Waals surface area (Å²) >= 11 is 0. The van der Waals surface area contributed by atoms with Crippen LogP contribution in [0.5, 0.6) is 0 Å². The molecule has 1 aromatic heterocycles. The molecule has 2 aliphatic rings. The Balaban J connectivity index is 1.85. The average molecular weight is 206 g/mol. The summed E-state index contributed by atoms with van der Waals surface area (Å²) < 4.78 is 1.95. The molecular weight excluding hydrogens is 192 g/mol. The highest BCUT2D eigenvalue weighted by atomic mass is 16.2. The van der Waals surface area contributed by atoms with Gasteiger partial charge in [0.2, 0.25) is 5.91 Å². The average Bonchev–Trinajstić information content (AvgIpc) is 2.97. The molecule has 1 saturated carbocycles. The maximum atomic E-state index is 11.2. The lowest BCUT2D eigenvalue weighted by atomic mass is 10.3. The first kappa shape index (κ1) is 8.88. The van der Waals surface area contributed by atoms with Gasteiger partial charge >= 0.3 is 0 Å². The second-order valence-corrected chi connectivity index (χ2v) is 4.32. The first-order valence-electron chi connectivity index (χ1n) is 5.43. The highest BCUT2D eigenvalue weighted by Gasteiger charge is 2.30. The number of carbonyl (C=O) groups is 1. The third kappa shape index (κ3) is 1.52. The lowest BCUT2D eigenvalue weighted by Gasteiger charge is -2.25. The van der Waals surface area contributed by atoms with Crippen molar-refractivity contribution < 1.29 is 4.79 Å². The van der Waals surface area contributed by atoms with Crippen LogP contribution < -0.4 is 0 Å². The monoisotopic (exact) mass is 206 g/mol. The predicted octanol–water partition coefficient (Wildman–Crippen LogP) is 0.518. The fraction of sp³-hybridized carbons (Fsp3) is 0.700. The predicted molar refractivity (Wildman–Crippen MR) is 53.1 cm³/mol. The molecule has 15 heavy (non-hydrogen) atoms. The molecule has 3 rings (SSSR count). The molecule has 0 spiro atoms. The Labute approximate surface area is 88.1 Å². The zero-order valence-corrected chi connectivity index (χ0v) is 8.81. The fourth-order valence-corrected chi connectivity index (χ4v) is 1.94. The Hall–Kier alpha value is -1.39. The van der Waals surface area contributed by atoms with Gasteiger partial charge in [0.15, 0.2) is 5.82 Å². The smallest absolute Gasteiger partial charge is 0.219 e. The van der Waals surface area contributed by atoms with Crippen molar-refractivity contribution in [3.63, 3.8) is 0 Å². The molecule has 80 valence electrons. The minimum atomic E-state index is 0.122. The standard InChI is InChI=1S/C10H14N4O/c1-7(15)13-4-5-14-9(6-13)11-10(12-14)8-2-3-8/h8H,2-6H2,1H3. The Morgan fingerprint density at radius 1 is 1.40 bits per heavy atom. The normalized spacial score (nSPS) is 20.2. The van der Waals surface area contributed by atoms with Crippen molar-refractivity contribution in [1.29, 1.82) is 0 Å². The minimum Gasteiger partial charge on any atom is -0.334 e. The molecule has 1 aliphatic heterocycles. The van der Waals surface area contributed by atoms with Gasteiger partial charge in [-0.25, -0.2) is 9.67 Å². The van der Waals surface area contributed by atoms with Gasteiger partial charge in [0, 0.05) is 19.4 Å². The van der Waals surface area contributed by atoms with Crippen molar-refractivity contribution in [2.24, 2.45) is 0 Å². The maximum Gasteiger partial charge on any atom is 0.219 e. The molecule has 0 aromatic carbocycles. The molecule has 0 bridgehead atoms. The maximum absolute atomic E-state index is 11.2. The van der Waals surface area contributed by atoms with Gasteiger partial charge in [-0.15, -0.1) is 0 Å². The van der Waals surface area contributed by atoms with E-state index in [9.17, 15) is 4.79 Å². The molecule has 0 saturated heterocycles. The van der Waals surface area contributed by atoms with Crippen LogP contribution in [0, 0.1) is 0 Å². The summed E-state index contributed by atoms with van der Waals surface area (Å²) in [6.45, 7) is 3.77. The minimum absolute atomic E-state index is 0.122. The van der Waals surface area contributed by atoms with Crippen LogP contribution in [0.25, 0.3) is 0 Å². The highest BCUT2D eigenvalue weighted by molar-refractivity contribution is 5.73. The van der Waals surface area contributed by atoms with E-state index < -0.39 is 0 Å². The van der Waals surface area contributed by atoms with Crippen molar-refractivity contribution in [2.45, 2.75) is 38.8 Å². The van der Waals surface area contributed by atoms with Gasteiger partial charge in [-0.05, 0) is 12.8 Å². The van der Waals surface area contributed by atoms with Gasteiger partial charge < -0.3 is 4.90 Å². The molecule has 2 heterocycles. The number of carbonyl (C=O) groups excluding carboxylic acids is 1. The number of amides is 1. The van der Waals surface area contributed by atoms with Gasteiger partial charge in [-0.2, -0.15) is 5.10 Å². The van der Waals surface area contributed by atoms with Crippen LogP contribution in [0.3, 0.4) is 0 Å². The van der Waals surface area contributed by atoms with Crippen molar-refractivity contribution >= 4 is 5.91 Å². The quantitative estimate of drug-likeness (QED) is 0.673. The Morgan fingerprint density at radius 2 is 2.20 bits per heavy atom. The van der Waals surface area contributed by atoms with E-state index in [0.717, 1.165) is 24.7 Å². The zero-order chi connectivity index (χ0) is 10.4. The number of nitrogens with zero attached hydrogens (tertiary/aromatic N) is 4. The SMILES string of the molecule is CC(=O)N1CCn2nc(C3CC3)nc2C1. The lowest BCUT2D eigenvalue weighted by molar-refractivity contribution is -0.130. The summed E-state index contributed by atoms with van der Waals surface area (Å²) in [6, 6.07) is 0. The first-order valence-corrected chi connectivity index (χ1v) is 5.43. The van der Waals surface area contributed by atoms with E-state index in [1.807, 2.05) is 9.58 Å². The number of fused-ring (bicyclic) bond motifs is 1. The summed E-state index contributed by atoms with van der Waals surface area (Å²) in [6.07, 6.45) is 2.44. The van der Waals surface area contributed by atoms with Crippen molar-refractivity contribution in [3.8, 4) is 0 Å². The fourth-order valence-electron chi connectivity index (χ4n) is 1.94. The van der Waals surface area contributed by atoms with Gasteiger partial charge in [0.25, 0.3) is 0 Å². The first-order chi connectivity index (χ1) is 7.24. The number of hydrogen-bond donors (Lipinski definition) is 0. The number of aromatic nitrogens is 3.